The van der Waals surface area contributed by atoms with Gasteiger partial charge in [-0.25, -0.2) is 8.78 Å². The molecule has 0 spiro atoms. The van der Waals surface area contributed by atoms with E-state index in [2.05, 4.69) is 17.4 Å². The van der Waals surface area contributed by atoms with Crippen molar-refractivity contribution in [2.24, 2.45) is 0 Å². The quantitative estimate of drug-likeness (QED) is 0.808. The third-order valence-corrected chi connectivity index (χ3v) is 3.75. The molecule has 2 rings (SSSR count). The van der Waals surface area contributed by atoms with Crippen LogP contribution in [0.4, 0.5) is 8.78 Å². The van der Waals surface area contributed by atoms with Crippen molar-refractivity contribution >= 4 is 0 Å². The molecule has 21 heavy (non-hydrogen) atoms. The summed E-state index contributed by atoms with van der Waals surface area (Å²) in [5, 5.41) is 3.22. The predicted octanol–water partition coefficient (Wildman–Crippen LogP) is 4.12. The maximum atomic E-state index is 13.7. The van der Waals surface area contributed by atoms with Gasteiger partial charge in [0.25, 0.3) is 0 Å². The first-order valence-corrected chi connectivity index (χ1v) is 7.34. The van der Waals surface area contributed by atoms with Gasteiger partial charge in [-0.1, -0.05) is 36.4 Å². The molecule has 0 saturated heterocycles. The van der Waals surface area contributed by atoms with Crippen LogP contribution in [-0.4, -0.2) is 13.1 Å². The van der Waals surface area contributed by atoms with Gasteiger partial charge >= 0.3 is 0 Å². The molecule has 0 heterocycles. The van der Waals surface area contributed by atoms with E-state index in [0.717, 1.165) is 25.3 Å². The Morgan fingerprint density at radius 3 is 2.48 bits per heavy atom. The zero-order valence-electron chi connectivity index (χ0n) is 12.3. The fourth-order valence-electron chi connectivity index (χ4n) is 2.50. The fourth-order valence-corrected chi connectivity index (χ4v) is 2.50. The van der Waals surface area contributed by atoms with Crippen LogP contribution in [0.3, 0.4) is 0 Å². The summed E-state index contributed by atoms with van der Waals surface area (Å²) in [7, 11) is 1.88. The van der Waals surface area contributed by atoms with E-state index in [1.807, 2.05) is 25.2 Å². The first-order chi connectivity index (χ1) is 10.2. The molecule has 1 unspecified atom stereocenters. The van der Waals surface area contributed by atoms with Crippen molar-refractivity contribution < 1.29 is 8.78 Å². The lowest BCUT2D eigenvalue weighted by Gasteiger charge is -2.16. The molecular formula is C18H21F2N. The Morgan fingerprint density at radius 1 is 1.05 bits per heavy atom. The molecule has 0 amide bonds. The van der Waals surface area contributed by atoms with Crippen molar-refractivity contribution in [3.05, 3.63) is 71.3 Å². The number of halogens is 2. The molecule has 1 N–H and O–H groups in total. The third kappa shape index (κ3) is 4.94. The fraction of sp³-hybridized carbons (Fsp3) is 0.333. The minimum absolute atomic E-state index is 0.202. The largest absolute Gasteiger partial charge is 0.317 e. The molecule has 0 radical (unpaired) electrons. The molecule has 1 atom stereocenters. The smallest absolute Gasteiger partial charge is 0.129 e. The second-order valence-electron chi connectivity index (χ2n) is 5.30. The summed E-state index contributed by atoms with van der Waals surface area (Å²) in [4.78, 5) is 0. The minimum Gasteiger partial charge on any atom is -0.317 e. The molecular weight excluding hydrogens is 268 g/mol. The minimum atomic E-state index is -0.527. The molecule has 2 aromatic carbocycles. The van der Waals surface area contributed by atoms with Gasteiger partial charge in [0, 0.05) is 12.1 Å². The molecule has 0 saturated carbocycles. The van der Waals surface area contributed by atoms with E-state index < -0.39 is 11.6 Å². The highest BCUT2D eigenvalue weighted by Gasteiger charge is 2.11. The highest BCUT2D eigenvalue weighted by molar-refractivity contribution is 5.19. The van der Waals surface area contributed by atoms with Gasteiger partial charge in [0.2, 0.25) is 0 Å². The summed E-state index contributed by atoms with van der Waals surface area (Å²) >= 11 is 0. The van der Waals surface area contributed by atoms with Crippen molar-refractivity contribution in [3.63, 3.8) is 0 Å². The summed E-state index contributed by atoms with van der Waals surface area (Å²) < 4.78 is 26.6. The molecule has 0 bridgehead atoms. The lowest BCUT2D eigenvalue weighted by atomic mass is 9.99. The number of benzene rings is 2. The van der Waals surface area contributed by atoms with Crippen molar-refractivity contribution in [1.82, 2.24) is 5.32 Å². The Morgan fingerprint density at radius 2 is 1.81 bits per heavy atom. The maximum Gasteiger partial charge on any atom is 0.129 e. The standard InChI is InChI=1S/C18H21F2N/c1-21-17(9-5-8-14-6-3-2-4-7-14)12-15-10-11-16(19)13-18(15)20/h2-4,6-7,10-11,13,17,21H,5,8-9,12H2,1H3. The lowest BCUT2D eigenvalue weighted by molar-refractivity contribution is 0.487. The topological polar surface area (TPSA) is 12.0 Å². The zero-order valence-corrected chi connectivity index (χ0v) is 12.3. The lowest BCUT2D eigenvalue weighted by Crippen LogP contribution is -2.28. The molecule has 0 aliphatic carbocycles. The van der Waals surface area contributed by atoms with E-state index in [1.54, 1.807) is 0 Å². The number of hydrogen-bond acceptors (Lipinski definition) is 1. The van der Waals surface area contributed by atoms with Gasteiger partial charge in [0.15, 0.2) is 0 Å². The molecule has 2 aromatic rings. The van der Waals surface area contributed by atoms with Gasteiger partial charge in [-0.15, -0.1) is 0 Å². The molecule has 0 aliphatic heterocycles. The van der Waals surface area contributed by atoms with Crippen molar-refractivity contribution in [2.45, 2.75) is 31.7 Å². The highest BCUT2D eigenvalue weighted by atomic mass is 19.1. The second-order valence-corrected chi connectivity index (χ2v) is 5.30. The summed E-state index contributed by atoms with van der Waals surface area (Å²) in [5.41, 5.74) is 1.88. The van der Waals surface area contributed by atoms with E-state index in [-0.39, 0.29) is 6.04 Å². The van der Waals surface area contributed by atoms with Crippen LogP contribution in [0.2, 0.25) is 0 Å². The summed E-state index contributed by atoms with van der Waals surface area (Å²) in [6.07, 6.45) is 3.60. The van der Waals surface area contributed by atoms with Gasteiger partial charge in [-0.3, -0.25) is 0 Å². The number of nitrogens with one attached hydrogen (secondary N) is 1. The normalized spacial score (nSPS) is 12.3. The van der Waals surface area contributed by atoms with Crippen LogP contribution in [0.15, 0.2) is 48.5 Å². The molecule has 112 valence electrons. The Bertz CT molecular complexity index is 554. The molecule has 1 nitrogen and oxygen atoms in total. The average molecular weight is 289 g/mol. The van der Waals surface area contributed by atoms with Crippen LogP contribution in [0, 0.1) is 11.6 Å². The first-order valence-electron chi connectivity index (χ1n) is 7.34. The number of likely N-dealkylation sites (N-methyl/N-ethyl adjacent to an activating group) is 1. The Hall–Kier alpha value is -1.74. The Balaban J connectivity index is 1.85. The Kier molecular flexibility index (Phi) is 5.88. The highest BCUT2D eigenvalue weighted by Crippen LogP contribution is 2.14. The first kappa shape index (κ1) is 15.6. The average Bonchev–Trinajstić information content (AvgIpc) is 2.49. The predicted molar refractivity (Wildman–Crippen MR) is 82.3 cm³/mol. The van der Waals surface area contributed by atoms with Crippen LogP contribution >= 0.6 is 0 Å². The second kappa shape index (κ2) is 7.89. The number of aryl methyl sites for hydroxylation is 1. The van der Waals surface area contributed by atoms with Gasteiger partial charge in [0.05, 0.1) is 0 Å². The van der Waals surface area contributed by atoms with Gasteiger partial charge in [0.1, 0.15) is 11.6 Å². The van der Waals surface area contributed by atoms with Crippen molar-refractivity contribution in [3.8, 4) is 0 Å². The maximum absolute atomic E-state index is 13.7. The van der Waals surface area contributed by atoms with E-state index in [4.69, 9.17) is 0 Å². The third-order valence-electron chi connectivity index (χ3n) is 3.75. The number of rotatable bonds is 7. The summed E-state index contributed by atoms with van der Waals surface area (Å²) in [6, 6.07) is 14.3. The van der Waals surface area contributed by atoms with Gasteiger partial charge in [-0.2, -0.15) is 0 Å². The van der Waals surface area contributed by atoms with Crippen LogP contribution in [0.25, 0.3) is 0 Å². The SMILES string of the molecule is CNC(CCCc1ccccc1)Cc1ccc(F)cc1F. The van der Waals surface area contributed by atoms with E-state index >= 15 is 0 Å². The molecule has 0 aromatic heterocycles. The van der Waals surface area contributed by atoms with E-state index in [9.17, 15) is 8.78 Å². The number of hydrogen-bond donors (Lipinski definition) is 1. The van der Waals surface area contributed by atoms with Crippen LogP contribution < -0.4 is 5.32 Å². The van der Waals surface area contributed by atoms with Gasteiger partial charge < -0.3 is 5.32 Å². The molecule has 0 aliphatic rings. The van der Waals surface area contributed by atoms with E-state index in [0.29, 0.717) is 12.0 Å². The van der Waals surface area contributed by atoms with Crippen LogP contribution in [-0.2, 0) is 12.8 Å². The van der Waals surface area contributed by atoms with Gasteiger partial charge in [-0.05, 0) is 49.9 Å². The van der Waals surface area contributed by atoms with Crippen molar-refractivity contribution in [2.75, 3.05) is 7.05 Å². The van der Waals surface area contributed by atoms with Crippen molar-refractivity contribution in [1.29, 1.82) is 0 Å². The summed E-state index contributed by atoms with van der Waals surface area (Å²) in [6.45, 7) is 0. The van der Waals surface area contributed by atoms with E-state index in [1.165, 1.54) is 17.7 Å². The molecule has 0 fully saturated rings. The summed E-state index contributed by atoms with van der Waals surface area (Å²) in [5.74, 6) is -0.986. The Labute approximate surface area is 125 Å². The monoisotopic (exact) mass is 289 g/mol. The van der Waals surface area contributed by atoms with Crippen LogP contribution in [0.1, 0.15) is 24.0 Å². The molecule has 3 heteroatoms. The van der Waals surface area contributed by atoms with Crippen LogP contribution in [0.5, 0.6) is 0 Å². The zero-order chi connectivity index (χ0) is 15.1.